The molecule has 0 saturated carbocycles. The molecule has 0 radical (unpaired) electrons. The summed E-state index contributed by atoms with van der Waals surface area (Å²) in [6.07, 6.45) is -0.137. The third-order valence-electron chi connectivity index (χ3n) is 3.46. The predicted octanol–water partition coefficient (Wildman–Crippen LogP) is 3.38. The van der Waals surface area contributed by atoms with Gasteiger partial charge in [-0.1, -0.05) is 60.7 Å². The van der Waals surface area contributed by atoms with E-state index < -0.39 is 5.97 Å². The van der Waals surface area contributed by atoms with Gasteiger partial charge in [0.2, 0.25) is 0 Å². The minimum atomic E-state index is -0.915. The van der Waals surface area contributed by atoms with E-state index >= 15 is 0 Å². The molecule has 120 valence electrons. The minimum Gasteiger partial charge on any atom is -0.481 e. The Labute approximate surface area is 140 Å². The fourth-order valence-electron chi connectivity index (χ4n) is 2.34. The van der Waals surface area contributed by atoms with Crippen LogP contribution in [0, 0.1) is 0 Å². The van der Waals surface area contributed by atoms with Crippen molar-refractivity contribution in [2.45, 2.75) is 13.0 Å². The quantitative estimate of drug-likeness (QED) is 0.728. The highest BCUT2D eigenvalue weighted by Gasteiger charge is 2.09. The smallest absolute Gasteiger partial charge is 0.309 e. The van der Waals surface area contributed by atoms with Crippen molar-refractivity contribution in [1.82, 2.24) is 9.97 Å². The molecule has 0 saturated heterocycles. The number of anilines is 1. The Kier molecular flexibility index (Phi) is 4.81. The lowest BCUT2D eigenvalue weighted by molar-refractivity contribution is -0.136. The molecule has 3 aromatic rings. The molecule has 0 unspecified atom stereocenters. The van der Waals surface area contributed by atoms with Gasteiger partial charge in [0.15, 0.2) is 5.82 Å². The van der Waals surface area contributed by atoms with Gasteiger partial charge in [-0.3, -0.25) is 4.79 Å². The van der Waals surface area contributed by atoms with E-state index in [1.54, 1.807) is 6.07 Å². The number of nitrogens with one attached hydrogen (secondary N) is 1. The Morgan fingerprint density at radius 1 is 0.958 bits per heavy atom. The van der Waals surface area contributed by atoms with Crippen molar-refractivity contribution in [2.24, 2.45) is 0 Å². The molecule has 0 aliphatic rings. The van der Waals surface area contributed by atoms with Gasteiger partial charge >= 0.3 is 5.97 Å². The number of aliphatic carboxylic acids is 1. The summed E-state index contributed by atoms with van der Waals surface area (Å²) < 4.78 is 0. The molecule has 5 nitrogen and oxygen atoms in total. The molecule has 5 heteroatoms. The van der Waals surface area contributed by atoms with Crippen LogP contribution in [-0.4, -0.2) is 21.0 Å². The maximum atomic E-state index is 11.0. The Morgan fingerprint density at radius 3 is 2.29 bits per heavy atom. The standard InChI is InChI=1S/C19H17N3O2/c23-18(24)12-16-11-17(20-13-14-7-3-1-4-8-14)22-19(21-16)15-9-5-2-6-10-15/h1-11H,12-13H2,(H,23,24)(H,20,21,22). The van der Waals surface area contributed by atoms with Crippen molar-refractivity contribution in [3.05, 3.63) is 78.0 Å². The summed E-state index contributed by atoms with van der Waals surface area (Å²) in [7, 11) is 0. The van der Waals surface area contributed by atoms with Crippen LogP contribution in [0.25, 0.3) is 11.4 Å². The van der Waals surface area contributed by atoms with Crippen LogP contribution in [0.4, 0.5) is 5.82 Å². The summed E-state index contributed by atoms with van der Waals surface area (Å²) in [4.78, 5) is 19.9. The number of nitrogens with zero attached hydrogens (tertiary/aromatic N) is 2. The highest BCUT2D eigenvalue weighted by atomic mass is 16.4. The van der Waals surface area contributed by atoms with E-state index in [1.165, 1.54) is 0 Å². The van der Waals surface area contributed by atoms with Crippen LogP contribution in [0.3, 0.4) is 0 Å². The van der Waals surface area contributed by atoms with E-state index in [-0.39, 0.29) is 6.42 Å². The van der Waals surface area contributed by atoms with Gasteiger partial charge < -0.3 is 10.4 Å². The largest absolute Gasteiger partial charge is 0.481 e. The first-order chi connectivity index (χ1) is 11.7. The number of carbonyl (C=O) groups is 1. The van der Waals surface area contributed by atoms with Crippen LogP contribution in [0.15, 0.2) is 66.7 Å². The van der Waals surface area contributed by atoms with E-state index in [0.29, 0.717) is 23.9 Å². The van der Waals surface area contributed by atoms with Gasteiger partial charge in [0.25, 0.3) is 0 Å². The third-order valence-corrected chi connectivity index (χ3v) is 3.46. The maximum Gasteiger partial charge on any atom is 0.309 e. The fourth-order valence-corrected chi connectivity index (χ4v) is 2.34. The lowest BCUT2D eigenvalue weighted by Crippen LogP contribution is -2.08. The molecule has 0 aliphatic heterocycles. The van der Waals surface area contributed by atoms with Crippen molar-refractivity contribution in [3.63, 3.8) is 0 Å². The van der Waals surface area contributed by atoms with Crippen molar-refractivity contribution in [3.8, 4) is 11.4 Å². The van der Waals surface area contributed by atoms with Crippen molar-refractivity contribution >= 4 is 11.8 Å². The zero-order valence-corrected chi connectivity index (χ0v) is 13.0. The van der Waals surface area contributed by atoms with Gasteiger partial charge in [-0.15, -0.1) is 0 Å². The van der Waals surface area contributed by atoms with E-state index in [2.05, 4.69) is 15.3 Å². The first-order valence-corrected chi connectivity index (χ1v) is 7.64. The Bertz CT molecular complexity index is 821. The molecular weight excluding hydrogens is 302 g/mol. The predicted molar refractivity (Wildman–Crippen MR) is 92.6 cm³/mol. The molecule has 0 spiro atoms. The van der Waals surface area contributed by atoms with E-state index in [1.807, 2.05) is 60.7 Å². The average Bonchev–Trinajstić information content (AvgIpc) is 2.61. The number of hydrogen-bond acceptors (Lipinski definition) is 4. The van der Waals surface area contributed by atoms with E-state index in [4.69, 9.17) is 5.11 Å². The molecular formula is C19H17N3O2. The molecule has 0 atom stereocenters. The molecule has 1 aromatic heterocycles. The molecule has 0 fully saturated rings. The van der Waals surface area contributed by atoms with Crippen molar-refractivity contribution in [2.75, 3.05) is 5.32 Å². The van der Waals surface area contributed by atoms with Gasteiger partial charge in [0.1, 0.15) is 5.82 Å². The van der Waals surface area contributed by atoms with Crippen LogP contribution >= 0.6 is 0 Å². The van der Waals surface area contributed by atoms with Crippen LogP contribution in [0.2, 0.25) is 0 Å². The third kappa shape index (κ3) is 4.16. The van der Waals surface area contributed by atoms with E-state index in [9.17, 15) is 4.79 Å². The highest BCUT2D eigenvalue weighted by molar-refractivity contribution is 5.70. The number of rotatable bonds is 6. The summed E-state index contributed by atoms with van der Waals surface area (Å²) in [5, 5.41) is 12.3. The average molecular weight is 319 g/mol. The van der Waals surface area contributed by atoms with E-state index in [0.717, 1.165) is 11.1 Å². The fraction of sp³-hybridized carbons (Fsp3) is 0.105. The molecule has 3 rings (SSSR count). The summed E-state index contributed by atoms with van der Waals surface area (Å²) in [6.45, 7) is 0.610. The van der Waals surface area contributed by atoms with Crippen molar-refractivity contribution in [1.29, 1.82) is 0 Å². The van der Waals surface area contributed by atoms with Gasteiger partial charge in [-0.2, -0.15) is 0 Å². The minimum absolute atomic E-state index is 0.137. The highest BCUT2D eigenvalue weighted by Crippen LogP contribution is 2.18. The summed E-state index contributed by atoms with van der Waals surface area (Å²) in [6, 6.07) is 21.2. The maximum absolute atomic E-state index is 11.0. The normalized spacial score (nSPS) is 10.3. The summed E-state index contributed by atoms with van der Waals surface area (Å²) >= 11 is 0. The molecule has 0 aliphatic carbocycles. The monoisotopic (exact) mass is 319 g/mol. The summed E-state index contributed by atoms with van der Waals surface area (Å²) in [5.74, 6) is 0.218. The second-order valence-electron chi connectivity index (χ2n) is 5.34. The van der Waals surface area contributed by atoms with Crippen LogP contribution in [0.1, 0.15) is 11.3 Å². The molecule has 2 aromatic carbocycles. The Morgan fingerprint density at radius 2 is 1.62 bits per heavy atom. The van der Waals surface area contributed by atoms with Gasteiger partial charge in [0.05, 0.1) is 12.1 Å². The second-order valence-corrected chi connectivity index (χ2v) is 5.34. The van der Waals surface area contributed by atoms with Gasteiger partial charge in [-0.05, 0) is 5.56 Å². The molecule has 2 N–H and O–H groups in total. The topological polar surface area (TPSA) is 75.1 Å². The first-order valence-electron chi connectivity index (χ1n) is 7.64. The molecule has 0 bridgehead atoms. The molecule has 0 amide bonds. The second kappa shape index (κ2) is 7.37. The SMILES string of the molecule is O=C(O)Cc1cc(NCc2ccccc2)nc(-c2ccccc2)n1. The number of hydrogen-bond donors (Lipinski definition) is 2. The first kappa shape index (κ1) is 15.7. The number of benzene rings is 2. The summed E-state index contributed by atoms with van der Waals surface area (Å²) in [5.41, 5.74) is 2.46. The molecule has 24 heavy (non-hydrogen) atoms. The van der Waals surface area contributed by atoms with Crippen molar-refractivity contribution < 1.29 is 9.90 Å². The van der Waals surface area contributed by atoms with Crippen LogP contribution in [0.5, 0.6) is 0 Å². The lowest BCUT2D eigenvalue weighted by atomic mass is 10.2. The number of carboxylic acids is 1. The zero-order chi connectivity index (χ0) is 16.8. The lowest BCUT2D eigenvalue weighted by Gasteiger charge is -2.10. The number of carboxylic acid groups (broad SMARTS) is 1. The van der Waals surface area contributed by atoms with Gasteiger partial charge in [0, 0.05) is 18.2 Å². The molecule has 1 heterocycles. The zero-order valence-electron chi connectivity index (χ0n) is 13.0. The van der Waals surface area contributed by atoms with Crippen LogP contribution in [-0.2, 0) is 17.8 Å². The number of aromatic nitrogens is 2. The Hall–Kier alpha value is -3.21. The Balaban J connectivity index is 1.88. The van der Waals surface area contributed by atoms with Gasteiger partial charge in [-0.25, -0.2) is 9.97 Å². The van der Waals surface area contributed by atoms with Crippen LogP contribution < -0.4 is 5.32 Å².